The van der Waals surface area contributed by atoms with Crippen LogP contribution in [-0.2, 0) is 10.0 Å². The van der Waals surface area contributed by atoms with Crippen LogP contribution >= 0.6 is 0 Å². The van der Waals surface area contributed by atoms with Gasteiger partial charge in [-0.25, -0.2) is 4.98 Å². The number of likely N-dealkylation sites (N-methyl/N-ethyl adjacent to an activating group) is 1. The van der Waals surface area contributed by atoms with Crippen LogP contribution in [0.15, 0.2) is 30.3 Å². The van der Waals surface area contributed by atoms with Gasteiger partial charge in [0.25, 0.3) is 11.8 Å². The maximum Gasteiger partial charge on any atom is 0.258 e. The quantitative estimate of drug-likeness (QED) is 0.467. The van der Waals surface area contributed by atoms with Crippen LogP contribution in [-0.4, -0.2) is 91.5 Å². The summed E-state index contributed by atoms with van der Waals surface area (Å²) in [6, 6.07) is 8.77. The van der Waals surface area contributed by atoms with Crippen molar-refractivity contribution in [2.45, 2.75) is 62.3 Å². The van der Waals surface area contributed by atoms with Crippen molar-refractivity contribution in [3.8, 4) is 5.75 Å². The zero-order valence-electron chi connectivity index (χ0n) is 23.5. The summed E-state index contributed by atoms with van der Waals surface area (Å²) >= 11 is 0. The molecule has 12 heteroatoms. The lowest BCUT2D eigenvalue weighted by Crippen LogP contribution is -2.39. The molecule has 1 saturated carbocycles. The fourth-order valence-corrected chi connectivity index (χ4v) is 5.94. The van der Waals surface area contributed by atoms with Gasteiger partial charge in [-0.2, -0.15) is 9.61 Å². The van der Waals surface area contributed by atoms with E-state index in [1.54, 1.807) is 25.1 Å². The Labute approximate surface area is 242 Å². The van der Waals surface area contributed by atoms with Crippen LogP contribution in [0.25, 0.3) is 5.65 Å². The number of anilines is 1. The van der Waals surface area contributed by atoms with Crippen LogP contribution in [0, 0.1) is 0 Å². The number of nitrogens with one attached hydrogen (secondary N) is 1. The van der Waals surface area contributed by atoms with Crippen LogP contribution in [0.3, 0.4) is 0 Å². The summed E-state index contributed by atoms with van der Waals surface area (Å²) in [5.74, 6) is 0.800. The molecule has 4 heterocycles. The lowest BCUT2D eigenvalue weighted by atomic mass is 9.52. The highest BCUT2D eigenvalue weighted by Gasteiger charge is 2.34. The van der Waals surface area contributed by atoms with E-state index in [0.717, 1.165) is 36.5 Å². The number of carbonyl (C=O) groups is 2. The minimum absolute atomic E-state index is 0.181. The first kappa shape index (κ1) is 27.6. The number of aromatic nitrogens is 3. The fraction of sp³-hybridized carbons (Fsp3) is 0.517. The Balaban J connectivity index is 1.46. The lowest BCUT2D eigenvalue weighted by Gasteiger charge is -2.35. The number of aliphatic hydroxyl groups excluding tert-OH is 1. The summed E-state index contributed by atoms with van der Waals surface area (Å²) in [6.45, 7) is 2.91. The second-order valence-corrected chi connectivity index (χ2v) is 11.8. The van der Waals surface area contributed by atoms with Crippen molar-refractivity contribution in [3.05, 3.63) is 52.8 Å². The molecule has 6 rings (SSSR count). The average Bonchev–Trinajstić information content (AvgIpc) is 3.36. The molecule has 2 aliphatic heterocycles. The molecule has 10 nitrogen and oxygen atoms in total. The van der Waals surface area contributed by atoms with E-state index in [2.05, 4.69) is 5.32 Å². The summed E-state index contributed by atoms with van der Waals surface area (Å²) in [7, 11) is 14.3. The number of ether oxygens (including phenoxy) is 1. The monoisotopic (exact) mass is 552 g/mol. The van der Waals surface area contributed by atoms with E-state index in [4.69, 9.17) is 30.5 Å². The number of hydrogen-bond acceptors (Lipinski definition) is 7. The maximum atomic E-state index is 14.2. The fourth-order valence-electron chi connectivity index (χ4n) is 5.94. The zero-order valence-corrected chi connectivity index (χ0v) is 23.5. The van der Waals surface area contributed by atoms with Gasteiger partial charge in [-0.3, -0.25) is 9.59 Å². The van der Waals surface area contributed by atoms with Crippen molar-refractivity contribution in [2.24, 2.45) is 0 Å². The first-order valence-electron chi connectivity index (χ1n) is 14.3. The summed E-state index contributed by atoms with van der Waals surface area (Å²) in [6.07, 6.45) is 3.64. The molecule has 0 spiro atoms. The molecule has 2 fully saturated rings. The first-order valence-corrected chi connectivity index (χ1v) is 14.3. The van der Waals surface area contributed by atoms with E-state index >= 15 is 0 Å². The van der Waals surface area contributed by atoms with Gasteiger partial charge in [0.2, 0.25) is 0 Å². The molecule has 2 N–H and O–H groups in total. The lowest BCUT2D eigenvalue weighted by molar-refractivity contribution is -0.123. The van der Waals surface area contributed by atoms with Crippen molar-refractivity contribution in [1.29, 1.82) is 0 Å². The molecule has 1 saturated heterocycles. The second kappa shape index (κ2) is 10.7. The Kier molecular flexibility index (Phi) is 7.21. The molecular weight excluding hydrogens is 518 g/mol. The Hall–Kier alpha value is -3.53. The van der Waals surface area contributed by atoms with Gasteiger partial charge in [-0.15, -0.1) is 0 Å². The van der Waals surface area contributed by atoms with Gasteiger partial charge < -0.3 is 25.0 Å². The van der Waals surface area contributed by atoms with Crippen molar-refractivity contribution in [1.82, 2.24) is 24.8 Å². The van der Waals surface area contributed by atoms with E-state index in [-0.39, 0.29) is 36.5 Å². The van der Waals surface area contributed by atoms with E-state index in [0.29, 0.717) is 55.0 Å². The number of fused-ring (bicyclic) bond motifs is 4. The highest BCUT2D eigenvalue weighted by Crippen LogP contribution is 2.39. The number of piperidine rings is 1. The van der Waals surface area contributed by atoms with Crippen LogP contribution in [0.5, 0.6) is 5.75 Å². The van der Waals surface area contributed by atoms with Gasteiger partial charge in [-0.05, 0) is 44.2 Å². The van der Waals surface area contributed by atoms with E-state index in [1.807, 2.05) is 33.5 Å². The number of nitrogens with zero attached hydrogens (tertiary/aromatic N) is 5. The molecule has 1 unspecified atom stereocenters. The molecular formula is C29H34B2N6O4. The van der Waals surface area contributed by atoms with Gasteiger partial charge in [0.15, 0.2) is 12.3 Å². The van der Waals surface area contributed by atoms with Gasteiger partial charge in [0.05, 0.1) is 39.1 Å². The first-order chi connectivity index (χ1) is 19.6. The summed E-state index contributed by atoms with van der Waals surface area (Å²) in [4.78, 5) is 35.7. The number of benzene rings is 1. The second-order valence-electron chi connectivity index (χ2n) is 11.8. The number of amides is 2. The molecule has 2 bridgehead atoms. The normalized spacial score (nSPS) is 23.9. The summed E-state index contributed by atoms with van der Waals surface area (Å²) in [5, 5.41) is 16.6. The number of aliphatic hydroxyl groups is 1. The minimum Gasteiger partial charge on any atom is -0.483 e. The van der Waals surface area contributed by atoms with E-state index in [9.17, 15) is 14.7 Å². The predicted molar refractivity (Wildman–Crippen MR) is 156 cm³/mol. The number of rotatable bonds is 2. The Morgan fingerprint density at radius 1 is 1.10 bits per heavy atom. The van der Waals surface area contributed by atoms with Crippen LogP contribution in [0.2, 0.25) is 0 Å². The van der Waals surface area contributed by atoms with Gasteiger partial charge in [0, 0.05) is 50.4 Å². The third-order valence-corrected chi connectivity index (χ3v) is 8.43. The standard InChI is InChI=1S/C29H34B2N6O4/c1-29(30,31)18-6-7-24-20(13-18)28(40)36-9-4-3-5-23(36)22-14-25-33-21(17-11-19(38)12-17)15-27(37(25)34-22)35(2)10-8-32-26(39)16-41-24/h6-7,13-15,17,19,23,38H,3-5,8-12,16H2,1-2H3,(H,32,39). The largest absolute Gasteiger partial charge is 0.483 e. The molecule has 1 aliphatic carbocycles. The van der Waals surface area contributed by atoms with E-state index < -0.39 is 5.21 Å². The average molecular weight is 552 g/mol. The van der Waals surface area contributed by atoms with Gasteiger partial charge in [-0.1, -0.05) is 23.8 Å². The molecule has 3 aliphatic rings. The molecule has 1 aromatic carbocycles. The maximum absolute atomic E-state index is 14.2. The summed E-state index contributed by atoms with van der Waals surface area (Å²) < 4.78 is 7.71. The molecule has 1 atom stereocenters. The third kappa shape index (κ3) is 5.41. The van der Waals surface area contributed by atoms with Crippen LogP contribution in [0.4, 0.5) is 5.82 Å². The molecule has 210 valence electrons. The Morgan fingerprint density at radius 3 is 2.66 bits per heavy atom. The highest BCUT2D eigenvalue weighted by atomic mass is 16.5. The zero-order chi connectivity index (χ0) is 28.9. The predicted octanol–water partition coefficient (Wildman–Crippen LogP) is 1.79. The molecule has 2 amide bonds. The van der Waals surface area contributed by atoms with Crippen molar-refractivity contribution in [3.63, 3.8) is 0 Å². The SMILES string of the molecule is [B]C([B])(C)c1ccc2c(c1)C(=O)N1CCCCC1c1cc3nc(C4CC(O)C4)cc(n3n1)N(C)CCNC(=O)CO2. The minimum atomic E-state index is -1.16. The van der Waals surface area contributed by atoms with Crippen molar-refractivity contribution >= 4 is 39.0 Å². The van der Waals surface area contributed by atoms with Crippen LogP contribution < -0.4 is 15.0 Å². The van der Waals surface area contributed by atoms with E-state index in [1.165, 1.54) is 0 Å². The Morgan fingerprint density at radius 2 is 1.90 bits per heavy atom. The molecule has 4 radical (unpaired) electrons. The summed E-state index contributed by atoms with van der Waals surface area (Å²) in [5.41, 5.74) is 3.27. The van der Waals surface area contributed by atoms with Gasteiger partial charge in [0.1, 0.15) is 11.6 Å². The molecule has 2 aromatic heterocycles. The third-order valence-electron chi connectivity index (χ3n) is 8.43. The number of carbonyl (C=O) groups excluding carboxylic acids is 2. The topological polar surface area (TPSA) is 112 Å². The van der Waals surface area contributed by atoms with Crippen LogP contribution in [0.1, 0.15) is 78.3 Å². The Bertz CT molecular complexity index is 1480. The smallest absolute Gasteiger partial charge is 0.258 e. The van der Waals surface area contributed by atoms with Crippen molar-refractivity contribution in [2.75, 3.05) is 38.2 Å². The van der Waals surface area contributed by atoms with Crippen molar-refractivity contribution < 1.29 is 19.4 Å². The highest BCUT2D eigenvalue weighted by molar-refractivity contribution is 6.39. The van der Waals surface area contributed by atoms with Gasteiger partial charge >= 0.3 is 0 Å². The molecule has 41 heavy (non-hydrogen) atoms. The number of hydrogen-bond donors (Lipinski definition) is 2. The molecule has 3 aromatic rings.